The van der Waals surface area contributed by atoms with E-state index < -0.39 is 36.4 Å². The maximum atomic E-state index is 13.2. The van der Waals surface area contributed by atoms with Gasteiger partial charge in [-0.1, -0.05) is 0 Å². The standard InChI is InChI=1S/C13H14F4N2O3.ClH/c14-8-1-2-9(10(5-8)22-7-13(15,16)17)19-12(20)11-6-18-3-4-21-11;/h1-2,5,11,18H,3-4,6-7H2,(H,19,20);1H. The third-order valence-corrected chi connectivity index (χ3v) is 2.81. The van der Waals surface area contributed by atoms with Crippen LogP contribution in [0.3, 0.4) is 0 Å². The number of nitrogens with one attached hydrogen (secondary N) is 2. The summed E-state index contributed by atoms with van der Waals surface area (Å²) in [5.41, 5.74) is -0.0511. The Morgan fingerprint density at radius 1 is 1.43 bits per heavy atom. The van der Waals surface area contributed by atoms with Gasteiger partial charge in [-0.05, 0) is 12.1 Å². The quantitative estimate of drug-likeness (QED) is 0.809. The predicted octanol–water partition coefficient (Wildman–Crippen LogP) is 2.12. The molecule has 1 amide bonds. The number of hydrogen-bond acceptors (Lipinski definition) is 4. The van der Waals surface area contributed by atoms with Crippen LogP contribution in [0.4, 0.5) is 23.2 Å². The highest BCUT2D eigenvalue weighted by atomic mass is 35.5. The van der Waals surface area contributed by atoms with Crippen LogP contribution in [0.5, 0.6) is 5.75 Å². The SMILES string of the molecule is Cl.O=C(Nc1ccc(F)cc1OCC(F)(F)F)C1CNCCO1. The Morgan fingerprint density at radius 3 is 2.78 bits per heavy atom. The van der Waals surface area contributed by atoms with E-state index in [1.165, 1.54) is 0 Å². The van der Waals surface area contributed by atoms with E-state index in [1.54, 1.807) is 0 Å². The molecule has 2 rings (SSSR count). The molecule has 130 valence electrons. The Balaban J connectivity index is 0.00000264. The van der Waals surface area contributed by atoms with Crippen LogP contribution < -0.4 is 15.4 Å². The number of carbonyl (C=O) groups excluding carboxylic acids is 1. The lowest BCUT2D eigenvalue weighted by Gasteiger charge is -2.23. The molecule has 0 aliphatic carbocycles. The maximum Gasteiger partial charge on any atom is 0.422 e. The van der Waals surface area contributed by atoms with Gasteiger partial charge in [0.15, 0.2) is 6.61 Å². The summed E-state index contributed by atoms with van der Waals surface area (Å²) in [4.78, 5) is 12.0. The van der Waals surface area contributed by atoms with E-state index in [0.29, 0.717) is 13.2 Å². The second kappa shape index (κ2) is 8.32. The molecule has 1 aliphatic rings. The molecule has 2 N–H and O–H groups in total. The zero-order chi connectivity index (χ0) is 16.2. The van der Waals surface area contributed by atoms with Crippen LogP contribution in [0, 0.1) is 5.82 Å². The topological polar surface area (TPSA) is 59.6 Å². The fraction of sp³-hybridized carbons (Fsp3) is 0.462. The fourth-order valence-electron chi connectivity index (χ4n) is 1.83. The van der Waals surface area contributed by atoms with Crippen LogP contribution in [-0.2, 0) is 9.53 Å². The Bertz CT molecular complexity index is 536. The van der Waals surface area contributed by atoms with Crippen LogP contribution >= 0.6 is 12.4 Å². The van der Waals surface area contributed by atoms with Crippen molar-refractivity contribution in [3.8, 4) is 5.75 Å². The minimum Gasteiger partial charge on any atom is -0.482 e. The number of ether oxygens (including phenoxy) is 2. The molecule has 23 heavy (non-hydrogen) atoms. The highest BCUT2D eigenvalue weighted by Crippen LogP contribution is 2.28. The lowest BCUT2D eigenvalue weighted by molar-refractivity contribution is -0.153. The Hall–Kier alpha value is -1.58. The van der Waals surface area contributed by atoms with Crippen LogP contribution in [0.2, 0.25) is 0 Å². The second-order valence-corrected chi connectivity index (χ2v) is 4.60. The van der Waals surface area contributed by atoms with Gasteiger partial charge in [-0.2, -0.15) is 13.2 Å². The third kappa shape index (κ3) is 6.20. The molecule has 1 heterocycles. The molecule has 5 nitrogen and oxygen atoms in total. The number of hydrogen-bond donors (Lipinski definition) is 2. The van der Waals surface area contributed by atoms with Gasteiger partial charge in [0.2, 0.25) is 0 Å². The van der Waals surface area contributed by atoms with Crippen molar-refractivity contribution in [3.63, 3.8) is 0 Å². The van der Waals surface area contributed by atoms with Gasteiger partial charge in [-0.15, -0.1) is 12.4 Å². The number of halogens is 5. The molecule has 0 bridgehead atoms. The molecule has 1 saturated heterocycles. The van der Waals surface area contributed by atoms with Crippen molar-refractivity contribution < 1.29 is 31.8 Å². The van der Waals surface area contributed by atoms with Crippen LogP contribution in [0.25, 0.3) is 0 Å². The van der Waals surface area contributed by atoms with Crippen molar-refractivity contribution in [2.75, 3.05) is 31.6 Å². The van der Waals surface area contributed by atoms with Crippen LogP contribution in [-0.4, -0.2) is 44.5 Å². The molecule has 0 spiro atoms. The molecule has 1 aromatic carbocycles. The van der Waals surface area contributed by atoms with Gasteiger partial charge in [-0.25, -0.2) is 4.39 Å². The first-order valence-corrected chi connectivity index (χ1v) is 6.47. The molecule has 1 unspecified atom stereocenters. The summed E-state index contributed by atoms with van der Waals surface area (Å²) in [7, 11) is 0. The smallest absolute Gasteiger partial charge is 0.422 e. The van der Waals surface area contributed by atoms with Crippen molar-refractivity contribution in [1.29, 1.82) is 0 Å². The number of anilines is 1. The van der Waals surface area contributed by atoms with Gasteiger partial charge in [-0.3, -0.25) is 4.79 Å². The molecule has 0 aromatic heterocycles. The normalized spacial score (nSPS) is 18.0. The summed E-state index contributed by atoms with van der Waals surface area (Å²) in [6, 6.07) is 2.92. The average molecular weight is 359 g/mol. The monoisotopic (exact) mass is 358 g/mol. The zero-order valence-electron chi connectivity index (χ0n) is 11.8. The predicted molar refractivity (Wildman–Crippen MR) is 76.4 cm³/mol. The first-order valence-electron chi connectivity index (χ1n) is 6.47. The Kier molecular flexibility index (Phi) is 7.04. The lowest BCUT2D eigenvalue weighted by atomic mass is 10.2. The Labute approximate surface area is 135 Å². The lowest BCUT2D eigenvalue weighted by Crippen LogP contribution is -2.45. The van der Waals surface area contributed by atoms with Gasteiger partial charge in [0.25, 0.3) is 5.91 Å². The number of rotatable bonds is 4. The summed E-state index contributed by atoms with van der Waals surface area (Å²) in [6.45, 7) is -0.341. The zero-order valence-corrected chi connectivity index (χ0v) is 12.6. The summed E-state index contributed by atoms with van der Waals surface area (Å²) < 4.78 is 59.5. The molecule has 1 aliphatic heterocycles. The molecular formula is C13H15ClF4N2O3. The third-order valence-electron chi connectivity index (χ3n) is 2.81. The molecule has 1 fully saturated rings. The van der Waals surface area contributed by atoms with E-state index in [0.717, 1.165) is 18.2 Å². The fourth-order valence-corrected chi connectivity index (χ4v) is 1.83. The van der Waals surface area contributed by atoms with Crippen molar-refractivity contribution in [1.82, 2.24) is 5.32 Å². The van der Waals surface area contributed by atoms with E-state index in [2.05, 4.69) is 15.4 Å². The van der Waals surface area contributed by atoms with Crippen molar-refractivity contribution >= 4 is 24.0 Å². The number of carbonyl (C=O) groups is 1. The van der Waals surface area contributed by atoms with Crippen molar-refractivity contribution in [3.05, 3.63) is 24.0 Å². The van der Waals surface area contributed by atoms with Gasteiger partial charge in [0.1, 0.15) is 17.7 Å². The number of morpholine rings is 1. The number of benzene rings is 1. The molecule has 1 aromatic rings. The van der Waals surface area contributed by atoms with Crippen molar-refractivity contribution in [2.24, 2.45) is 0 Å². The minimum absolute atomic E-state index is 0. The first-order chi connectivity index (χ1) is 10.3. The Morgan fingerprint density at radius 2 is 2.17 bits per heavy atom. The largest absolute Gasteiger partial charge is 0.482 e. The van der Waals surface area contributed by atoms with Gasteiger partial charge >= 0.3 is 6.18 Å². The molecule has 10 heteroatoms. The average Bonchev–Trinajstić information content (AvgIpc) is 2.47. The minimum atomic E-state index is -4.57. The number of amides is 1. The molecular weight excluding hydrogens is 344 g/mol. The molecule has 1 atom stereocenters. The highest BCUT2D eigenvalue weighted by molar-refractivity contribution is 5.95. The summed E-state index contributed by atoms with van der Waals surface area (Å²) in [5, 5.41) is 5.33. The molecule has 0 saturated carbocycles. The first kappa shape index (κ1) is 19.5. The van der Waals surface area contributed by atoms with Crippen LogP contribution in [0.1, 0.15) is 0 Å². The van der Waals surface area contributed by atoms with E-state index in [9.17, 15) is 22.4 Å². The second-order valence-electron chi connectivity index (χ2n) is 4.60. The highest BCUT2D eigenvalue weighted by Gasteiger charge is 2.29. The van der Waals surface area contributed by atoms with E-state index >= 15 is 0 Å². The summed E-state index contributed by atoms with van der Waals surface area (Å²) >= 11 is 0. The van der Waals surface area contributed by atoms with Gasteiger partial charge < -0.3 is 20.1 Å². The summed E-state index contributed by atoms with van der Waals surface area (Å²) in [5.74, 6) is -1.71. The van der Waals surface area contributed by atoms with E-state index in [4.69, 9.17) is 4.74 Å². The van der Waals surface area contributed by atoms with Crippen LogP contribution in [0.15, 0.2) is 18.2 Å². The van der Waals surface area contributed by atoms with E-state index in [-0.39, 0.29) is 24.6 Å². The molecule has 0 radical (unpaired) electrons. The van der Waals surface area contributed by atoms with Crippen molar-refractivity contribution in [2.45, 2.75) is 12.3 Å². The van der Waals surface area contributed by atoms with Gasteiger partial charge in [0.05, 0.1) is 12.3 Å². The van der Waals surface area contributed by atoms with E-state index in [1.807, 2.05) is 0 Å². The summed E-state index contributed by atoms with van der Waals surface area (Å²) in [6.07, 6.45) is -5.33. The van der Waals surface area contributed by atoms with Gasteiger partial charge in [0, 0.05) is 19.2 Å². The number of alkyl halides is 3. The maximum absolute atomic E-state index is 13.2.